The van der Waals surface area contributed by atoms with Crippen LogP contribution in [0.5, 0.6) is 0 Å². The lowest BCUT2D eigenvalue weighted by Gasteiger charge is -2.52. The van der Waals surface area contributed by atoms with Crippen molar-refractivity contribution in [3.8, 4) is 0 Å². The maximum atomic E-state index is 13.2. The molecule has 0 bridgehead atoms. The molecule has 1 aromatic rings. The lowest BCUT2D eigenvalue weighted by molar-refractivity contribution is 0.0199. The van der Waals surface area contributed by atoms with E-state index in [1.165, 1.54) is 11.1 Å². The molecule has 2 fully saturated rings. The first-order valence-electron chi connectivity index (χ1n) is 10.1. The van der Waals surface area contributed by atoms with E-state index in [0.717, 1.165) is 38.8 Å². The van der Waals surface area contributed by atoms with Crippen LogP contribution < -0.4 is 0 Å². The lowest BCUT2D eigenvalue weighted by atomic mass is 9.77. The van der Waals surface area contributed by atoms with Crippen LogP contribution in [0.1, 0.15) is 50.3 Å². The van der Waals surface area contributed by atoms with Crippen molar-refractivity contribution in [2.45, 2.75) is 51.6 Å². The number of piperidine rings is 2. The Hall–Kier alpha value is -0.950. The Morgan fingerprint density at radius 1 is 1.15 bits per heavy atom. The van der Waals surface area contributed by atoms with Crippen LogP contribution in [0.3, 0.4) is 0 Å². The number of hydrogen-bond acceptors (Lipinski definition) is 3. The van der Waals surface area contributed by atoms with Crippen molar-refractivity contribution >= 4 is 10.2 Å². The zero-order chi connectivity index (χ0) is 18.3. The summed E-state index contributed by atoms with van der Waals surface area (Å²) in [5, 5.41) is 0. The molecule has 0 saturated carbocycles. The molecular weight excluding hydrogens is 346 g/mol. The molecule has 0 N–H and O–H groups in total. The summed E-state index contributed by atoms with van der Waals surface area (Å²) in [5.41, 5.74) is 2.86. The van der Waals surface area contributed by atoms with E-state index in [1.807, 2.05) is 18.2 Å². The van der Waals surface area contributed by atoms with Crippen LogP contribution in [-0.2, 0) is 16.6 Å². The van der Waals surface area contributed by atoms with E-state index in [-0.39, 0.29) is 6.04 Å². The third-order valence-electron chi connectivity index (χ3n) is 6.65. The van der Waals surface area contributed by atoms with Crippen molar-refractivity contribution in [1.82, 2.24) is 13.5 Å². The molecule has 3 aliphatic heterocycles. The Bertz CT molecular complexity index is 747. The molecule has 0 amide bonds. The minimum absolute atomic E-state index is 0.141. The van der Waals surface area contributed by atoms with Crippen LogP contribution in [0.4, 0.5) is 0 Å². The molecule has 5 nitrogen and oxygen atoms in total. The van der Waals surface area contributed by atoms with Crippen molar-refractivity contribution in [3.05, 3.63) is 35.4 Å². The van der Waals surface area contributed by atoms with Crippen molar-refractivity contribution < 1.29 is 8.42 Å². The number of fused-ring (bicyclic) bond motifs is 4. The van der Waals surface area contributed by atoms with Gasteiger partial charge in [0.25, 0.3) is 10.2 Å². The van der Waals surface area contributed by atoms with E-state index in [0.29, 0.717) is 31.6 Å². The van der Waals surface area contributed by atoms with Gasteiger partial charge in [-0.05, 0) is 42.7 Å². The molecule has 3 unspecified atom stereocenters. The number of hydrogen-bond donors (Lipinski definition) is 0. The molecule has 3 aliphatic rings. The highest BCUT2D eigenvalue weighted by Gasteiger charge is 2.46. The van der Waals surface area contributed by atoms with Crippen LogP contribution in [0.15, 0.2) is 24.3 Å². The predicted molar refractivity (Wildman–Crippen MR) is 104 cm³/mol. The highest BCUT2D eigenvalue weighted by Crippen LogP contribution is 2.43. The van der Waals surface area contributed by atoms with Gasteiger partial charge in [-0.15, -0.1) is 0 Å². The Morgan fingerprint density at radius 3 is 2.69 bits per heavy atom. The van der Waals surface area contributed by atoms with Gasteiger partial charge in [-0.2, -0.15) is 17.0 Å². The van der Waals surface area contributed by atoms with Crippen LogP contribution in [-0.4, -0.2) is 60.7 Å². The lowest BCUT2D eigenvalue weighted by Crippen LogP contribution is -2.59. The molecule has 0 aromatic heterocycles. The molecule has 3 atom stereocenters. The average molecular weight is 378 g/mol. The highest BCUT2D eigenvalue weighted by molar-refractivity contribution is 7.86. The van der Waals surface area contributed by atoms with Gasteiger partial charge in [0, 0.05) is 44.8 Å². The molecule has 4 rings (SSSR count). The second-order valence-electron chi connectivity index (χ2n) is 7.87. The second kappa shape index (κ2) is 7.23. The van der Waals surface area contributed by atoms with Crippen molar-refractivity contribution in [2.75, 3.05) is 32.7 Å². The smallest absolute Gasteiger partial charge is 0.282 e. The number of benzene rings is 1. The van der Waals surface area contributed by atoms with Crippen LogP contribution in [0.2, 0.25) is 0 Å². The largest absolute Gasteiger partial charge is 0.296 e. The Labute approximate surface area is 158 Å². The number of nitrogens with zero attached hydrogens (tertiary/aromatic N) is 3. The van der Waals surface area contributed by atoms with E-state index >= 15 is 0 Å². The summed E-state index contributed by atoms with van der Waals surface area (Å²) in [5.74, 6) is 0.468. The fourth-order valence-corrected chi connectivity index (χ4v) is 7.25. The standard InChI is InChI=1S/C20H31N3O2S/c1-3-22(4-2)26(24,25)23-12-7-9-17-15-21-13-11-16-8-5-6-10-18(16)20(21)14-19(17)23/h5-6,8,10,17,19-20H,3-4,7,9,11-15H2,1-2H3. The summed E-state index contributed by atoms with van der Waals surface area (Å²) in [6.45, 7) is 7.77. The Morgan fingerprint density at radius 2 is 1.92 bits per heavy atom. The molecule has 0 aliphatic carbocycles. The highest BCUT2D eigenvalue weighted by atomic mass is 32.2. The first kappa shape index (κ1) is 18.4. The topological polar surface area (TPSA) is 43.9 Å². The SMILES string of the molecule is CCN(CC)S(=O)(=O)N1CCCC2CN3CCc4ccccc4C3CC21. The third-order valence-corrected chi connectivity index (χ3v) is 8.87. The van der Waals surface area contributed by atoms with Gasteiger partial charge < -0.3 is 0 Å². The molecule has 6 heteroatoms. The summed E-state index contributed by atoms with van der Waals surface area (Å²) in [6, 6.07) is 9.25. The van der Waals surface area contributed by atoms with Gasteiger partial charge in [-0.3, -0.25) is 4.90 Å². The maximum absolute atomic E-state index is 13.2. The summed E-state index contributed by atoms with van der Waals surface area (Å²) in [7, 11) is -3.36. The summed E-state index contributed by atoms with van der Waals surface area (Å²) < 4.78 is 30.0. The average Bonchev–Trinajstić information content (AvgIpc) is 2.66. The van der Waals surface area contributed by atoms with Crippen molar-refractivity contribution in [1.29, 1.82) is 0 Å². The van der Waals surface area contributed by atoms with Gasteiger partial charge in [0.1, 0.15) is 0 Å². The van der Waals surface area contributed by atoms with Crippen molar-refractivity contribution in [3.63, 3.8) is 0 Å². The molecule has 0 spiro atoms. The molecule has 2 saturated heterocycles. The van der Waals surface area contributed by atoms with Gasteiger partial charge in [-0.25, -0.2) is 0 Å². The van der Waals surface area contributed by atoms with Crippen molar-refractivity contribution in [2.24, 2.45) is 5.92 Å². The zero-order valence-corrected chi connectivity index (χ0v) is 16.8. The molecule has 0 radical (unpaired) electrons. The zero-order valence-electron chi connectivity index (χ0n) is 16.0. The third kappa shape index (κ3) is 3.01. The fourth-order valence-electron chi connectivity index (χ4n) is 5.34. The Balaban J connectivity index is 1.64. The fraction of sp³-hybridized carbons (Fsp3) is 0.700. The van der Waals surface area contributed by atoms with Crippen LogP contribution in [0.25, 0.3) is 0 Å². The summed E-state index contributed by atoms with van der Waals surface area (Å²) in [6.07, 6.45) is 4.18. The van der Waals surface area contributed by atoms with E-state index in [9.17, 15) is 8.42 Å². The quantitative estimate of drug-likeness (QED) is 0.810. The van der Waals surface area contributed by atoms with E-state index in [2.05, 4.69) is 29.2 Å². The van der Waals surface area contributed by atoms with Crippen LogP contribution in [0, 0.1) is 5.92 Å². The monoisotopic (exact) mass is 377 g/mol. The summed E-state index contributed by atoms with van der Waals surface area (Å²) >= 11 is 0. The number of rotatable bonds is 4. The molecule has 1 aromatic carbocycles. The first-order chi connectivity index (χ1) is 12.6. The van der Waals surface area contributed by atoms with E-state index in [4.69, 9.17) is 0 Å². The summed E-state index contributed by atoms with van der Waals surface area (Å²) in [4.78, 5) is 2.61. The van der Waals surface area contributed by atoms with Gasteiger partial charge >= 0.3 is 0 Å². The molecule has 144 valence electrons. The van der Waals surface area contributed by atoms with Gasteiger partial charge in [0.15, 0.2) is 0 Å². The predicted octanol–water partition coefficient (Wildman–Crippen LogP) is 2.66. The van der Waals surface area contributed by atoms with E-state index in [1.54, 1.807) is 4.31 Å². The minimum atomic E-state index is -3.36. The minimum Gasteiger partial charge on any atom is -0.296 e. The molecule has 26 heavy (non-hydrogen) atoms. The first-order valence-corrected chi connectivity index (χ1v) is 11.5. The van der Waals surface area contributed by atoms with Crippen LogP contribution >= 0.6 is 0 Å². The Kier molecular flexibility index (Phi) is 5.12. The van der Waals surface area contributed by atoms with Gasteiger partial charge in [-0.1, -0.05) is 38.1 Å². The molecule has 3 heterocycles. The second-order valence-corrected chi connectivity index (χ2v) is 9.75. The van der Waals surface area contributed by atoms with Gasteiger partial charge in [0.2, 0.25) is 0 Å². The van der Waals surface area contributed by atoms with E-state index < -0.39 is 10.2 Å². The van der Waals surface area contributed by atoms with Gasteiger partial charge in [0.05, 0.1) is 0 Å². The molecular formula is C20H31N3O2S. The maximum Gasteiger partial charge on any atom is 0.282 e. The normalized spacial score (nSPS) is 29.9.